The van der Waals surface area contributed by atoms with Crippen molar-refractivity contribution in [1.29, 1.82) is 0 Å². The number of fused-ring (bicyclic) bond motifs is 1. The smallest absolute Gasteiger partial charge is 0.297 e. The molecule has 0 fully saturated rings. The molecule has 0 amide bonds. The van der Waals surface area contributed by atoms with Gasteiger partial charge in [-0.05, 0) is 37.0 Å². The molecule has 3 rings (SSSR count). The molecule has 0 N–H and O–H groups in total. The highest BCUT2D eigenvalue weighted by Gasteiger charge is 2.21. The summed E-state index contributed by atoms with van der Waals surface area (Å²) >= 11 is 0. The first kappa shape index (κ1) is 30.6. The molecule has 0 radical (unpaired) electrons. The zero-order valence-corrected chi connectivity index (χ0v) is 24.5. The highest BCUT2D eigenvalue weighted by Crippen LogP contribution is 2.36. The van der Waals surface area contributed by atoms with Crippen LogP contribution in [0.25, 0.3) is 10.9 Å². The maximum atomic E-state index is 14.0. The first-order valence-electron chi connectivity index (χ1n) is 15.3. The van der Waals surface area contributed by atoms with Gasteiger partial charge in [0, 0.05) is 18.0 Å². The third-order valence-corrected chi connectivity index (χ3v) is 7.12. The van der Waals surface area contributed by atoms with Gasteiger partial charge in [-0.15, -0.1) is 0 Å². The lowest BCUT2D eigenvalue weighted by molar-refractivity contribution is 0.255. The predicted molar refractivity (Wildman–Crippen MR) is 162 cm³/mol. The molecule has 0 saturated heterocycles. The zero-order chi connectivity index (χ0) is 27.7. The number of rotatable bonds is 20. The van der Waals surface area contributed by atoms with E-state index in [1.807, 2.05) is 53.1 Å². The van der Waals surface area contributed by atoms with Crippen molar-refractivity contribution in [2.24, 2.45) is 0 Å². The summed E-state index contributed by atoms with van der Waals surface area (Å²) in [6, 6.07) is 16.1. The molecule has 0 spiro atoms. The maximum Gasteiger partial charge on any atom is 0.297 e. The predicted octanol–water partition coefficient (Wildman–Crippen LogP) is 9.08. The van der Waals surface area contributed by atoms with Crippen LogP contribution < -0.4 is 19.8 Å². The van der Waals surface area contributed by atoms with Gasteiger partial charge < -0.3 is 18.8 Å². The fourth-order valence-electron chi connectivity index (χ4n) is 4.78. The number of benzene rings is 2. The van der Waals surface area contributed by atoms with Crippen molar-refractivity contribution in [1.82, 2.24) is 4.57 Å². The molecule has 3 aromatic rings. The van der Waals surface area contributed by atoms with Crippen molar-refractivity contribution >= 4 is 10.9 Å². The molecule has 5 heteroatoms. The van der Waals surface area contributed by atoms with E-state index in [0.29, 0.717) is 37.9 Å². The van der Waals surface area contributed by atoms with Gasteiger partial charge in [-0.1, -0.05) is 109 Å². The van der Waals surface area contributed by atoms with Gasteiger partial charge in [0.15, 0.2) is 5.75 Å². The highest BCUT2D eigenvalue weighted by molar-refractivity contribution is 5.89. The molecule has 0 atom stereocenters. The van der Waals surface area contributed by atoms with E-state index in [1.165, 1.54) is 32.1 Å². The second-order valence-electron chi connectivity index (χ2n) is 10.4. The minimum Gasteiger partial charge on any atom is -0.494 e. The van der Waals surface area contributed by atoms with Gasteiger partial charge in [0.25, 0.3) is 5.56 Å². The molecule has 0 unspecified atom stereocenters. The summed E-state index contributed by atoms with van der Waals surface area (Å²) in [6.07, 6.45) is 13.4. The Morgan fingerprint density at radius 2 is 1.31 bits per heavy atom. The summed E-state index contributed by atoms with van der Waals surface area (Å²) in [5.74, 6) is 1.66. The summed E-state index contributed by atoms with van der Waals surface area (Å²) in [5, 5.41) is 0.892. The number of unbranched alkanes of at least 4 members (excludes halogenated alkanes) is 9. The number of hydrogen-bond acceptors (Lipinski definition) is 4. The van der Waals surface area contributed by atoms with E-state index in [0.717, 1.165) is 67.2 Å². The number of pyridine rings is 1. The van der Waals surface area contributed by atoms with E-state index >= 15 is 0 Å². The second kappa shape index (κ2) is 17.6. The Kier molecular flexibility index (Phi) is 13.8. The lowest BCUT2D eigenvalue weighted by Gasteiger charge is -2.20. The van der Waals surface area contributed by atoms with Gasteiger partial charge in [-0.3, -0.25) is 4.79 Å². The van der Waals surface area contributed by atoms with Gasteiger partial charge in [0.1, 0.15) is 12.4 Å². The molecule has 0 aliphatic rings. The maximum absolute atomic E-state index is 14.0. The molecule has 0 aliphatic carbocycles. The SMILES string of the molecule is CCCCCCCCn1c(=O)c(OCCCCCC)c(OCc2ccccc2)c2ccc(OCCCC)cc21. The van der Waals surface area contributed by atoms with Gasteiger partial charge in [-0.2, -0.15) is 0 Å². The van der Waals surface area contributed by atoms with Crippen molar-refractivity contribution in [3.63, 3.8) is 0 Å². The monoisotopic (exact) mass is 535 g/mol. The van der Waals surface area contributed by atoms with E-state index in [-0.39, 0.29) is 5.56 Å². The Morgan fingerprint density at radius 3 is 2.05 bits per heavy atom. The molecule has 0 saturated carbocycles. The first-order valence-corrected chi connectivity index (χ1v) is 15.3. The van der Waals surface area contributed by atoms with Crippen molar-refractivity contribution < 1.29 is 14.2 Å². The van der Waals surface area contributed by atoms with Crippen LogP contribution in [-0.4, -0.2) is 17.8 Å². The number of nitrogens with zero attached hydrogens (tertiary/aromatic N) is 1. The van der Waals surface area contributed by atoms with Crippen LogP contribution in [0.1, 0.15) is 103 Å². The van der Waals surface area contributed by atoms with Crippen molar-refractivity contribution in [2.45, 2.75) is 111 Å². The van der Waals surface area contributed by atoms with Crippen LogP contribution in [0.2, 0.25) is 0 Å². The Labute approximate surface area is 235 Å². The van der Waals surface area contributed by atoms with Crippen molar-refractivity contribution in [3.8, 4) is 17.2 Å². The van der Waals surface area contributed by atoms with E-state index in [1.54, 1.807) is 0 Å². The van der Waals surface area contributed by atoms with E-state index in [9.17, 15) is 4.79 Å². The lowest BCUT2D eigenvalue weighted by Crippen LogP contribution is -2.24. The molecular weight excluding hydrogens is 486 g/mol. The van der Waals surface area contributed by atoms with Gasteiger partial charge in [0.2, 0.25) is 5.75 Å². The standard InChI is InChI=1S/C34H49NO4/c1-4-7-10-12-13-17-23-35-31-26-29(37-24-9-6-3)21-22-30(31)32(39-27-28-19-15-14-16-20-28)33(34(35)36)38-25-18-11-8-5-2/h14-16,19-22,26H,4-13,17-18,23-25,27H2,1-3H3. The highest BCUT2D eigenvalue weighted by atomic mass is 16.5. The zero-order valence-electron chi connectivity index (χ0n) is 24.5. The topological polar surface area (TPSA) is 49.7 Å². The van der Waals surface area contributed by atoms with Crippen LogP contribution in [0.4, 0.5) is 0 Å². The molecule has 2 aromatic carbocycles. The van der Waals surface area contributed by atoms with Gasteiger partial charge in [0.05, 0.1) is 18.7 Å². The van der Waals surface area contributed by atoms with E-state index in [2.05, 4.69) is 20.8 Å². The van der Waals surface area contributed by atoms with Crippen LogP contribution in [-0.2, 0) is 13.2 Å². The van der Waals surface area contributed by atoms with Crippen LogP contribution in [0.5, 0.6) is 17.2 Å². The third-order valence-electron chi connectivity index (χ3n) is 7.12. The number of ether oxygens (including phenoxy) is 3. The molecule has 214 valence electrons. The summed E-state index contributed by atoms with van der Waals surface area (Å²) in [6.45, 7) is 8.79. The number of hydrogen-bond donors (Lipinski definition) is 0. The molecule has 0 aliphatic heterocycles. The van der Waals surface area contributed by atoms with Crippen molar-refractivity contribution in [2.75, 3.05) is 13.2 Å². The van der Waals surface area contributed by atoms with Crippen molar-refractivity contribution in [3.05, 3.63) is 64.4 Å². The molecule has 1 heterocycles. The minimum atomic E-state index is -0.111. The van der Waals surface area contributed by atoms with Gasteiger partial charge >= 0.3 is 0 Å². The summed E-state index contributed by atoms with van der Waals surface area (Å²) in [7, 11) is 0. The fraction of sp³-hybridized carbons (Fsp3) is 0.559. The van der Waals surface area contributed by atoms with Crippen LogP contribution in [0, 0.1) is 0 Å². The average molecular weight is 536 g/mol. The Hall–Kier alpha value is -2.95. The number of aromatic nitrogens is 1. The number of aryl methyl sites for hydroxylation is 1. The average Bonchev–Trinajstić information content (AvgIpc) is 2.96. The largest absolute Gasteiger partial charge is 0.494 e. The molecule has 0 bridgehead atoms. The summed E-state index contributed by atoms with van der Waals surface area (Å²) < 4.78 is 20.5. The lowest BCUT2D eigenvalue weighted by atomic mass is 10.1. The quantitative estimate of drug-likeness (QED) is 0.135. The molecular formula is C34H49NO4. The minimum absolute atomic E-state index is 0.111. The summed E-state index contributed by atoms with van der Waals surface area (Å²) in [4.78, 5) is 14.0. The first-order chi connectivity index (χ1) is 19.2. The fourth-order valence-corrected chi connectivity index (χ4v) is 4.78. The molecule has 39 heavy (non-hydrogen) atoms. The van der Waals surface area contributed by atoms with Crippen LogP contribution in [0.15, 0.2) is 53.3 Å². The van der Waals surface area contributed by atoms with Crippen LogP contribution in [0.3, 0.4) is 0 Å². The van der Waals surface area contributed by atoms with Crippen LogP contribution >= 0.6 is 0 Å². The van der Waals surface area contributed by atoms with Gasteiger partial charge in [-0.25, -0.2) is 0 Å². The molecule has 1 aromatic heterocycles. The Morgan fingerprint density at radius 1 is 0.641 bits per heavy atom. The second-order valence-corrected chi connectivity index (χ2v) is 10.4. The molecule has 5 nitrogen and oxygen atoms in total. The third kappa shape index (κ3) is 9.63. The Bertz CT molecular complexity index is 1160. The van der Waals surface area contributed by atoms with E-state index in [4.69, 9.17) is 14.2 Å². The summed E-state index contributed by atoms with van der Waals surface area (Å²) in [5.41, 5.74) is 1.79. The normalized spacial score (nSPS) is 11.2. The van der Waals surface area contributed by atoms with E-state index < -0.39 is 0 Å². The Balaban J connectivity index is 1.98.